The van der Waals surface area contributed by atoms with Crippen molar-refractivity contribution >= 4 is 21.7 Å². The van der Waals surface area contributed by atoms with Gasteiger partial charge >= 0.3 is 0 Å². The van der Waals surface area contributed by atoms with Crippen molar-refractivity contribution in [3.8, 4) is 5.75 Å². The number of Topliss-reactive ketones (excluding diaryl/α,β-unsaturated/α-hetero) is 1. The second kappa shape index (κ2) is 6.24. The molecule has 2 aromatic rings. The lowest BCUT2D eigenvalue weighted by atomic mass is 9.86. The monoisotopic (exact) mass is 342 g/mol. The number of benzene rings is 2. The third kappa shape index (κ3) is 3.26. The first-order valence-electron chi connectivity index (χ1n) is 7.61. The fourth-order valence-electron chi connectivity index (χ4n) is 2.82. The molecule has 0 unspecified atom stereocenters. The van der Waals surface area contributed by atoms with Gasteiger partial charge in [0, 0.05) is 17.4 Å². The number of aryl methyl sites for hydroxylation is 1. The maximum atomic E-state index is 12.7. The number of fused-ring (bicyclic) bond motifs is 1. The highest BCUT2D eigenvalue weighted by molar-refractivity contribution is 7.90. The summed E-state index contributed by atoms with van der Waals surface area (Å²) >= 11 is 0. The number of hydrogen-bond donors (Lipinski definition) is 0. The van der Waals surface area contributed by atoms with Crippen molar-refractivity contribution in [1.82, 2.24) is 0 Å². The largest absolute Gasteiger partial charge is 0.497 e. The minimum atomic E-state index is -3.21. The van der Waals surface area contributed by atoms with Crippen LogP contribution >= 0.6 is 0 Å². The van der Waals surface area contributed by atoms with E-state index >= 15 is 0 Å². The third-order valence-electron chi connectivity index (χ3n) is 4.17. The molecule has 0 N–H and O–H groups in total. The summed E-state index contributed by atoms with van der Waals surface area (Å²) < 4.78 is 28.2. The van der Waals surface area contributed by atoms with Crippen LogP contribution in [0.25, 0.3) is 6.08 Å². The summed E-state index contributed by atoms with van der Waals surface area (Å²) in [5.74, 6) is 0.670. The van der Waals surface area contributed by atoms with E-state index in [9.17, 15) is 13.2 Å². The van der Waals surface area contributed by atoms with Crippen LogP contribution in [-0.4, -0.2) is 27.6 Å². The van der Waals surface area contributed by atoms with E-state index in [2.05, 4.69) is 0 Å². The van der Waals surface area contributed by atoms with Crippen LogP contribution in [0.1, 0.15) is 27.9 Å². The number of sulfone groups is 1. The van der Waals surface area contributed by atoms with E-state index in [1.165, 1.54) is 6.26 Å². The summed E-state index contributed by atoms with van der Waals surface area (Å²) in [6.45, 7) is 0. The van der Waals surface area contributed by atoms with Crippen molar-refractivity contribution in [3.63, 3.8) is 0 Å². The average molecular weight is 342 g/mol. The number of carbonyl (C=O) groups excluding carboxylic acids is 1. The number of methoxy groups -OCH3 is 1. The molecule has 0 saturated heterocycles. The molecular formula is C19H18O4S. The van der Waals surface area contributed by atoms with Crippen LogP contribution < -0.4 is 4.74 Å². The standard InChI is InChI=1S/C19H18O4S/c1-23-16-8-7-14-5-6-15(19(20)18(14)12-16)11-13-3-9-17(10-4-13)24(2,21)22/h3-4,7-12H,5-6H2,1-2H3. The maximum absolute atomic E-state index is 12.7. The van der Waals surface area contributed by atoms with Gasteiger partial charge in [0.2, 0.25) is 0 Å². The molecule has 1 aliphatic rings. The fraction of sp³-hybridized carbons (Fsp3) is 0.211. The zero-order valence-electron chi connectivity index (χ0n) is 13.6. The normalized spacial score (nSPS) is 16.1. The van der Waals surface area contributed by atoms with Crippen molar-refractivity contribution < 1.29 is 17.9 Å². The van der Waals surface area contributed by atoms with E-state index < -0.39 is 9.84 Å². The minimum absolute atomic E-state index is 0.00217. The predicted octanol–water partition coefficient (Wildman–Crippen LogP) is 3.31. The number of rotatable bonds is 3. The Kier molecular flexibility index (Phi) is 4.28. The van der Waals surface area contributed by atoms with Crippen molar-refractivity contribution in [3.05, 3.63) is 64.7 Å². The van der Waals surface area contributed by atoms with Gasteiger partial charge in [-0.15, -0.1) is 0 Å². The molecule has 0 saturated carbocycles. The third-order valence-corrected chi connectivity index (χ3v) is 5.29. The molecule has 5 heteroatoms. The smallest absolute Gasteiger partial charge is 0.189 e. The first kappa shape index (κ1) is 16.5. The van der Waals surface area contributed by atoms with Gasteiger partial charge in [-0.05, 0) is 54.3 Å². The van der Waals surface area contributed by atoms with Crippen molar-refractivity contribution in [2.75, 3.05) is 13.4 Å². The SMILES string of the molecule is COc1ccc2c(c1)C(=O)C(=Cc1ccc(S(C)(=O)=O)cc1)CC2. The van der Waals surface area contributed by atoms with Crippen LogP contribution in [0.3, 0.4) is 0 Å². The highest BCUT2D eigenvalue weighted by Crippen LogP contribution is 2.29. The van der Waals surface area contributed by atoms with Crippen LogP contribution in [0, 0.1) is 0 Å². The highest BCUT2D eigenvalue weighted by Gasteiger charge is 2.22. The molecule has 1 aliphatic carbocycles. The quantitative estimate of drug-likeness (QED) is 0.803. The zero-order valence-corrected chi connectivity index (χ0v) is 14.4. The van der Waals surface area contributed by atoms with E-state index in [4.69, 9.17) is 4.74 Å². The second-order valence-electron chi connectivity index (χ2n) is 5.86. The van der Waals surface area contributed by atoms with E-state index in [1.807, 2.05) is 18.2 Å². The molecule has 24 heavy (non-hydrogen) atoms. The molecule has 0 fully saturated rings. The Morgan fingerprint density at radius 2 is 1.75 bits per heavy atom. The first-order chi connectivity index (χ1) is 11.4. The molecule has 0 bridgehead atoms. The predicted molar refractivity (Wildman–Crippen MR) is 93.2 cm³/mol. The van der Waals surface area contributed by atoms with Crippen LogP contribution in [0.5, 0.6) is 5.75 Å². The van der Waals surface area contributed by atoms with Gasteiger partial charge in [0.25, 0.3) is 0 Å². The fourth-order valence-corrected chi connectivity index (χ4v) is 3.45. The molecule has 0 radical (unpaired) electrons. The molecule has 0 amide bonds. The Labute approximate surface area is 141 Å². The molecule has 0 spiro atoms. The Balaban J connectivity index is 1.92. The molecule has 0 aliphatic heterocycles. The Bertz CT molecular complexity index is 922. The van der Waals surface area contributed by atoms with Gasteiger partial charge in [-0.3, -0.25) is 4.79 Å². The van der Waals surface area contributed by atoms with E-state index in [-0.39, 0.29) is 10.7 Å². The molecule has 0 aromatic heterocycles. The molecule has 124 valence electrons. The lowest BCUT2D eigenvalue weighted by Gasteiger charge is -2.18. The summed E-state index contributed by atoms with van der Waals surface area (Å²) in [6.07, 6.45) is 4.48. The van der Waals surface area contributed by atoms with Crippen LogP contribution in [-0.2, 0) is 16.3 Å². The molecule has 0 atom stereocenters. The Morgan fingerprint density at radius 3 is 2.38 bits per heavy atom. The first-order valence-corrected chi connectivity index (χ1v) is 9.50. The van der Waals surface area contributed by atoms with Crippen molar-refractivity contribution in [2.45, 2.75) is 17.7 Å². The molecule has 2 aromatic carbocycles. The number of ketones is 1. The zero-order chi connectivity index (χ0) is 17.3. The van der Waals surface area contributed by atoms with Gasteiger partial charge in [-0.1, -0.05) is 18.2 Å². The van der Waals surface area contributed by atoms with Crippen LogP contribution in [0.2, 0.25) is 0 Å². The molecule has 3 rings (SSSR count). The van der Waals surface area contributed by atoms with Crippen LogP contribution in [0.15, 0.2) is 52.9 Å². The molecule has 4 nitrogen and oxygen atoms in total. The summed E-state index contributed by atoms with van der Waals surface area (Å²) in [7, 11) is -1.63. The van der Waals surface area contributed by atoms with E-state index in [0.29, 0.717) is 17.7 Å². The molecule has 0 heterocycles. The summed E-state index contributed by atoms with van der Waals surface area (Å²) in [5, 5.41) is 0. The number of hydrogen-bond acceptors (Lipinski definition) is 4. The average Bonchev–Trinajstić information content (AvgIpc) is 2.57. The summed E-state index contributed by atoms with van der Waals surface area (Å²) in [4.78, 5) is 13.0. The highest BCUT2D eigenvalue weighted by atomic mass is 32.2. The van der Waals surface area contributed by atoms with Gasteiger partial charge in [0.15, 0.2) is 15.6 Å². The number of carbonyl (C=O) groups is 1. The van der Waals surface area contributed by atoms with E-state index in [0.717, 1.165) is 23.1 Å². The Hall–Kier alpha value is -2.40. The van der Waals surface area contributed by atoms with Crippen molar-refractivity contribution in [1.29, 1.82) is 0 Å². The van der Waals surface area contributed by atoms with Crippen LogP contribution in [0.4, 0.5) is 0 Å². The number of ether oxygens (including phenoxy) is 1. The minimum Gasteiger partial charge on any atom is -0.497 e. The van der Waals surface area contributed by atoms with Gasteiger partial charge < -0.3 is 4.74 Å². The maximum Gasteiger partial charge on any atom is 0.189 e. The topological polar surface area (TPSA) is 60.4 Å². The number of allylic oxidation sites excluding steroid dienone is 1. The summed E-state index contributed by atoms with van der Waals surface area (Å²) in [5.41, 5.74) is 3.25. The van der Waals surface area contributed by atoms with Gasteiger partial charge in [0.05, 0.1) is 12.0 Å². The lowest BCUT2D eigenvalue weighted by molar-refractivity contribution is 0.102. The summed E-state index contributed by atoms with van der Waals surface area (Å²) in [6, 6.07) is 12.1. The Morgan fingerprint density at radius 1 is 1.04 bits per heavy atom. The van der Waals surface area contributed by atoms with Crippen molar-refractivity contribution in [2.24, 2.45) is 0 Å². The second-order valence-corrected chi connectivity index (χ2v) is 7.88. The van der Waals surface area contributed by atoms with E-state index in [1.54, 1.807) is 37.4 Å². The van der Waals surface area contributed by atoms with Gasteiger partial charge in [-0.2, -0.15) is 0 Å². The van der Waals surface area contributed by atoms with Gasteiger partial charge in [-0.25, -0.2) is 8.42 Å². The van der Waals surface area contributed by atoms with Gasteiger partial charge in [0.1, 0.15) is 5.75 Å². The lowest BCUT2D eigenvalue weighted by Crippen LogP contribution is -2.14. The molecular weight excluding hydrogens is 324 g/mol.